The van der Waals surface area contributed by atoms with Crippen LogP contribution >= 0.6 is 23.2 Å². The van der Waals surface area contributed by atoms with Crippen LogP contribution in [0.3, 0.4) is 0 Å². The Balaban J connectivity index is 2.92. The Labute approximate surface area is 172 Å². The number of amides is 1. The molecule has 0 spiro atoms. The van der Waals surface area contributed by atoms with Gasteiger partial charge in [-0.15, -0.1) is 0 Å². The molecule has 0 aromatic heterocycles. The number of nitrogens with zero attached hydrogens (tertiary/aromatic N) is 1. The van der Waals surface area contributed by atoms with Gasteiger partial charge in [-0.3, -0.25) is 14.9 Å². The average molecular weight is 479 g/mol. The van der Waals surface area contributed by atoms with Crippen molar-refractivity contribution in [3.05, 3.63) is 61.6 Å². The van der Waals surface area contributed by atoms with Crippen LogP contribution in [0.4, 0.5) is 36.4 Å². The molecular formula is C16H7Cl2F7N2O3. The summed E-state index contributed by atoms with van der Waals surface area (Å²) in [6, 6.07) is 2.87. The Kier molecular flexibility index (Phi) is 5.98. The van der Waals surface area contributed by atoms with Gasteiger partial charge in [-0.25, -0.2) is 4.39 Å². The number of alkyl halides is 7. The van der Waals surface area contributed by atoms with Crippen LogP contribution < -0.4 is 5.73 Å². The molecule has 0 saturated carbocycles. The minimum atomic E-state index is -6.43. The van der Waals surface area contributed by atoms with Crippen LogP contribution in [0.15, 0.2) is 30.3 Å². The van der Waals surface area contributed by atoms with Crippen LogP contribution in [0, 0.1) is 10.1 Å². The summed E-state index contributed by atoms with van der Waals surface area (Å²) in [5, 5.41) is 9.27. The number of hydrogen-bond donors (Lipinski definition) is 1. The van der Waals surface area contributed by atoms with E-state index in [9.17, 15) is 45.6 Å². The smallest absolute Gasteiger partial charge is 0.366 e. The standard InChI is InChI=1S/C16H7Cl2F7N2O3/c17-8-4-6(14(19,15(20,21)22)16(23,24)25)5-9(18)12(8)11-7(13(26)28)2-1-3-10(11)27(29)30/h1-5H,(H2,26,28). The van der Waals surface area contributed by atoms with Crippen LogP contribution in [-0.4, -0.2) is 23.2 Å². The van der Waals surface area contributed by atoms with E-state index in [0.717, 1.165) is 18.2 Å². The third-order valence-electron chi connectivity index (χ3n) is 3.98. The lowest BCUT2D eigenvalue weighted by Gasteiger charge is -2.30. The predicted molar refractivity (Wildman–Crippen MR) is 92.0 cm³/mol. The SMILES string of the molecule is NC(=O)c1cccc([N+](=O)[O-])c1-c1c(Cl)cc(C(F)(C(F)(F)F)C(F)(F)F)cc1Cl. The van der Waals surface area contributed by atoms with E-state index < -0.39 is 66.8 Å². The summed E-state index contributed by atoms with van der Waals surface area (Å²) in [6.07, 6.45) is -12.9. The first kappa shape index (κ1) is 23.7. The summed E-state index contributed by atoms with van der Waals surface area (Å²) in [6.45, 7) is 0. The molecule has 0 aliphatic rings. The van der Waals surface area contributed by atoms with E-state index >= 15 is 0 Å². The van der Waals surface area contributed by atoms with Crippen LogP contribution in [0.5, 0.6) is 0 Å². The molecule has 0 atom stereocenters. The zero-order valence-electron chi connectivity index (χ0n) is 14.0. The van der Waals surface area contributed by atoms with Crippen molar-refractivity contribution in [2.24, 2.45) is 5.73 Å². The number of nitrogens with two attached hydrogens (primary N) is 1. The van der Waals surface area contributed by atoms with E-state index in [1.807, 2.05) is 0 Å². The third kappa shape index (κ3) is 3.76. The molecule has 0 saturated heterocycles. The lowest BCUT2D eigenvalue weighted by molar-refractivity contribution is -0.384. The van der Waals surface area contributed by atoms with Gasteiger partial charge >= 0.3 is 18.0 Å². The normalized spacial score (nSPS) is 12.7. The molecule has 0 aliphatic heterocycles. The number of primary amides is 1. The summed E-state index contributed by atoms with van der Waals surface area (Å²) in [5.74, 6) is -1.23. The van der Waals surface area contributed by atoms with Crippen molar-refractivity contribution >= 4 is 34.8 Å². The predicted octanol–water partition coefficient (Wildman–Crippen LogP) is 5.96. The fourth-order valence-corrected chi connectivity index (χ4v) is 3.34. The van der Waals surface area contributed by atoms with Gasteiger partial charge in [-0.05, 0) is 18.2 Å². The maximum absolute atomic E-state index is 14.3. The zero-order chi connectivity index (χ0) is 23.2. The van der Waals surface area contributed by atoms with Gasteiger partial charge in [0.1, 0.15) is 0 Å². The molecule has 14 heteroatoms. The fourth-order valence-electron chi connectivity index (χ4n) is 2.66. The second-order valence-electron chi connectivity index (χ2n) is 5.79. The highest BCUT2D eigenvalue weighted by Crippen LogP contribution is 2.55. The van der Waals surface area contributed by atoms with Crippen molar-refractivity contribution in [2.75, 3.05) is 0 Å². The summed E-state index contributed by atoms with van der Waals surface area (Å²) in [4.78, 5) is 21.9. The molecule has 0 heterocycles. The summed E-state index contributed by atoms with van der Waals surface area (Å²) in [5.41, 5.74) is -5.39. The molecule has 2 aromatic carbocycles. The number of nitro groups is 1. The highest BCUT2D eigenvalue weighted by molar-refractivity contribution is 6.40. The third-order valence-corrected chi connectivity index (χ3v) is 4.57. The molecule has 0 fully saturated rings. The molecule has 2 N–H and O–H groups in total. The Morgan fingerprint density at radius 3 is 1.77 bits per heavy atom. The second-order valence-corrected chi connectivity index (χ2v) is 6.60. The molecule has 0 unspecified atom stereocenters. The highest BCUT2D eigenvalue weighted by Gasteiger charge is 2.73. The quantitative estimate of drug-likeness (QED) is 0.334. The molecule has 5 nitrogen and oxygen atoms in total. The van der Waals surface area contributed by atoms with Crippen LogP contribution in [0.1, 0.15) is 15.9 Å². The van der Waals surface area contributed by atoms with E-state index in [2.05, 4.69) is 0 Å². The number of benzene rings is 2. The molecule has 0 bridgehead atoms. The lowest BCUT2D eigenvalue weighted by atomic mass is 9.90. The van der Waals surface area contributed by atoms with Gasteiger partial charge in [0.25, 0.3) is 5.69 Å². The van der Waals surface area contributed by atoms with Crippen molar-refractivity contribution in [1.29, 1.82) is 0 Å². The van der Waals surface area contributed by atoms with E-state index in [-0.39, 0.29) is 12.1 Å². The summed E-state index contributed by atoms with van der Waals surface area (Å²) >= 11 is 11.5. The number of halogens is 9. The van der Waals surface area contributed by atoms with E-state index in [1.165, 1.54) is 0 Å². The largest absolute Gasteiger partial charge is 0.435 e. The first-order chi connectivity index (χ1) is 13.5. The molecule has 1 amide bonds. The summed E-state index contributed by atoms with van der Waals surface area (Å²) in [7, 11) is 0. The summed E-state index contributed by atoms with van der Waals surface area (Å²) < 4.78 is 92.2. The van der Waals surface area contributed by atoms with E-state index in [4.69, 9.17) is 28.9 Å². The number of carbonyl (C=O) groups is 1. The van der Waals surface area contributed by atoms with Gasteiger partial charge in [0, 0.05) is 17.2 Å². The van der Waals surface area contributed by atoms with E-state index in [1.54, 1.807) is 0 Å². The fraction of sp³-hybridized carbons (Fsp3) is 0.188. The van der Waals surface area contributed by atoms with Crippen molar-refractivity contribution < 1.29 is 40.5 Å². The van der Waals surface area contributed by atoms with E-state index in [0.29, 0.717) is 0 Å². The zero-order valence-corrected chi connectivity index (χ0v) is 15.5. The van der Waals surface area contributed by atoms with Gasteiger partial charge in [0.05, 0.1) is 26.1 Å². The van der Waals surface area contributed by atoms with Gasteiger partial charge in [-0.2, -0.15) is 26.3 Å². The average Bonchev–Trinajstić information content (AvgIpc) is 2.57. The van der Waals surface area contributed by atoms with Crippen molar-refractivity contribution in [3.63, 3.8) is 0 Å². The first-order valence-electron chi connectivity index (χ1n) is 7.43. The van der Waals surface area contributed by atoms with Crippen LogP contribution in [-0.2, 0) is 5.67 Å². The number of carbonyl (C=O) groups excluding carboxylic acids is 1. The molecule has 2 rings (SSSR count). The number of nitro benzene ring substituents is 1. The topological polar surface area (TPSA) is 86.2 Å². The minimum Gasteiger partial charge on any atom is -0.366 e. The number of rotatable bonds is 4. The maximum Gasteiger partial charge on any atom is 0.435 e. The van der Waals surface area contributed by atoms with Crippen molar-refractivity contribution in [2.45, 2.75) is 18.0 Å². The van der Waals surface area contributed by atoms with Gasteiger partial charge < -0.3 is 5.73 Å². The number of hydrogen-bond acceptors (Lipinski definition) is 3. The first-order valence-corrected chi connectivity index (χ1v) is 8.19. The van der Waals surface area contributed by atoms with Crippen LogP contribution in [0.25, 0.3) is 11.1 Å². The van der Waals surface area contributed by atoms with Crippen LogP contribution in [0.2, 0.25) is 10.0 Å². The Morgan fingerprint density at radius 2 is 1.40 bits per heavy atom. The lowest BCUT2D eigenvalue weighted by Crippen LogP contribution is -2.50. The molecular weight excluding hydrogens is 472 g/mol. The molecule has 0 radical (unpaired) electrons. The maximum atomic E-state index is 14.3. The molecule has 30 heavy (non-hydrogen) atoms. The molecule has 2 aromatic rings. The molecule has 162 valence electrons. The van der Waals surface area contributed by atoms with Crippen molar-refractivity contribution in [3.8, 4) is 11.1 Å². The second kappa shape index (κ2) is 7.58. The Hall–Kier alpha value is -2.60. The Morgan fingerprint density at radius 1 is 0.933 bits per heavy atom. The Bertz CT molecular complexity index is 969. The van der Waals surface area contributed by atoms with Gasteiger partial charge in [0.2, 0.25) is 5.91 Å². The molecule has 0 aliphatic carbocycles. The monoisotopic (exact) mass is 478 g/mol. The minimum absolute atomic E-state index is 0.0226. The highest BCUT2D eigenvalue weighted by atomic mass is 35.5. The van der Waals surface area contributed by atoms with Gasteiger partial charge in [0.15, 0.2) is 0 Å². The van der Waals surface area contributed by atoms with Gasteiger partial charge in [-0.1, -0.05) is 29.3 Å². The van der Waals surface area contributed by atoms with Crippen molar-refractivity contribution in [1.82, 2.24) is 0 Å².